The van der Waals surface area contributed by atoms with Gasteiger partial charge in [0.1, 0.15) is 11.4 Å². The highest BCUT2D eigenvalue weighted by molar-refractivity contribution is 5.59. The minimum absolute atomic E-state index is 0.574. The van der Waals surface area contributed by atoms with Crippen molar-refractivity contribution in [2.75, 3.05) is 25.6 Å². The Morgan fingerprint density at radius 3 is 2.95 bits per heavy atom. The number of pyridine rings is 1. The number of anilines is 1. The predicted molar refractivity (Wildman–Crippen MR) is 71.3 cm³/mol. The highest BCUT2D eigenvalue weighted by Gasteiger charge is 2.55. The molecule has 5 nitrogen and oxygen atoms in total. The largest absolute Gasteiger partial charge is 0.492 e. The molecule has 0 radical (unpaired) electrons. The number of hydrogen-bond donors (Lipinski definition) is 1. The Hall–Kier alpha value is -1.75. The van der Waals surface area contributed by atoms with Crippen LogP contribution in [0, 0.1) is 11.8 Å². The molecular weight excluding hydrogens is 242 g/mol. The lowest BCUT2D eigenvalue weighted by Gasteiger charge is -2.06. The molecule has 2 aromatic heterocycles. The number of rotatable bonds is 3. The molecule has 5 heteroatoms. The van der Waals surface area contributed by atoms with Gasteiger partial charge in [-0.3, -0.25) is 0 Å². The standard InChI is InChI=1S/C14H17N3O2/c1-2-19-12-3-13-16-11(5-17(13)4-10(12)15)14-8-6-18-7-9(8)14/h3-5,8-9,14H,2,6-7,15H2,1H3. The number of nitrogens with two attached hydrogens (primary N) is 1. The lowest BCUT2D eigenvalue weighted by molar-refractivity contribution is 0.160. The molecule has 2 fully saturated rings. The smallest absolute Gasteiger partial charge is 0.147 e. The third-order valence-corrected chi connectivity index (χ3v) is 4.20. The van der Waals surface area contributed by atoms with E-state index in [0.717, 1.165) is 24.6 Å². The molecule has 2 aromatic rings. The lowest BCUT2D eigenvalue weighted by atomic mass is 10.2. The van der Waals surface area contributed by atoms with Crippen LogP contribution < -0.4 is 10.5 Å². The second-order valence-electron chi connectivity index (χ2n) is 5.35. The zero-order valence-corrected chi connectivity index (χ0v) is 10.9. The normalized spacial score (nSPS) is 28.6. The first-order valence-electron chi connectivity index (χ1n) is 6.76. The predicted octanol–water partition coefficient (Wildman–Crippen LogP) is 1.67. The molecule has 19 heavy (non-hydrogen) atoms. The second-order valence-corrected chi connectivity index (χ2v) is 5.35. The van der Waals surface area contributed by atoms with E-state index in [-0.39, 0.29) is 0 Å². The van der Waals surface area contributed by atoms with Crippen LogP contribution in [0.2, 0.25) is 0 Å². The van der Waals surface area contributed by atoms with Crippen molar-refractivity contribution in [3.8, 4) is 5.75 Å². The average Bonchev–Trinajstić information content (AvgIpc) is 2.78. The van der Waals surface area contributed by atoms with E-state index in [1.165, 1.54) is 0 Å². The van der Waals surface area contributed by atoms with Gasteiger partial charge in [0.2, 0.25) is 0 Å². The van der Waals surface area contributed by atoms with Gasteiger partial charge in [0, 0.05) is 24.4 Å². The molecule has 0 bridgehead atoms. The van der Waals surface area contributed by atoms with Crippen LogP contribution in [0.1, 0.15) is 18.5 Å². The van der Waals surface area contributed by atoms with E-state index in [1.54, 1.807) is 0 Å². The van der Waals surface area contributed by atoms with Crippen molar-refractivity contribution in [3.05, 3.63) is 24.2 Å². The van der Waals surface area contributed by atoms with E-state index in [0.29, 0.717) is 35.8 Å². The molecule has 1 saturated carbocycles. The van der Waals surface area contributed by atoms with Crippen LogP contribution >= 0.6 is 0 Å². The molecule has 2 aliphatic rings. The van der Waals surface area contributed by atoms with E-state index >= 15 is 0 Å². The van der Waals surface area contributed by atoms with Crippen LogP contribution in [0.4, 0.5) is 5.69 Å². The van der Waals surface area contributed by atoms with Crippen molar-refractivity contribution in [2.45, 2.75) is 12.8 Å². The molecule has 4 rings (SSSR count). The summed E-state index contributed by atoms with van der Waals surface area (Å²) in [5, 5.41) is 0. The Labute approximate surface area is 111 Å². The summed E-state index contributed by atoms with van der Waals surface area (Å²) in [6.07, 6.45) is 3.97. The van der Waals surface area contributed by atoms with Crippen molar-refractivity contribution >= 4 is 11.3 Å². The van der Waals surface area contributed by atoms with Crippen molar-refractivity contribution in [1.82, 2.24) is 9.38 Å². The van der Waals surface area contributed by atoms with Gasteiger partial charge >= 0.3 is 0 Å². The summed E-state index contributed by atoms with van der Waals surface area (Å²) >= 11 is 0. The maximum atomic E-state index is 5.97. The van der Waals surface area contributed by atoms with E-state index in [2.05, 4.69) is 6.20 Å². The highest BCUT2D eigenvalue weighted by Crippen LogP contribution is 2.57. The van der Waals surface area contributed by atoms with E-state index in [1.807, 2.05) is 23.6 Å². The maximum absolute atomic E-state index is 5.97. The molecule has 3 heterocycles. The molecule has 100 valence electrons. The van der Waals surface area contributed by atoms with Crippen LogP contribution in [-0.4, -0.2) is 29.2 Å². The first-order valence-corrected chi connectivity index (χ1v) is 6.76. The minimum atomic E-state index is 0.574. The number of ether oxygens (including phenoxy) is 2. The summed E-state index contributed by atoms with van der Waals surface area (Å²) in [5.41, 5.74) is 8.68. The Kier molecular flexibility index (Phi) is 2.26. The topological polar surface area (TPSA) is 61.8 Å². The molecule has 0 amide bonds. The zero-order valence-electron chi connectivity index (χ0n) is 10.9. The van der Waals surface area contributed by atoms with Crippen molar-refractivity contribution in [3.63, 3.8) is 0 Å². The first-order chi connectivity index (χ1) is 9.28. The Morgan fingerprint density at radius 2 is 2.21 bits per heavy atom. The lowest BCUT2D eigenvalue weighted by Crippen LogP contribution is -1.98. The third-order valence-electron chi connectivity index (χ3n) is 4.20. The molecule has 2 atom stereocenters. The number of fused-ring (bicyclic) bond motifs is 2. The second kappa shape index (κ2) is 3.87. The number of imidazole rings is 1. The monoisotopic (exact) mass is 259 g/mol. The number of aromatic nitrogens is 2. The van der Waals surface area contributed by atoms with Crippen LogP contribution in [0.15, 0.2) is 18.5 Å². The molecule has 0 aromatic carbocycles. The molecule has 0 spiro atoms. The first kappa shape index (κ1) is 11.1. The number of nitrogens with zero attached hydrogens (tertiary/aromatic N) is 2. The van der Waals surface area contributed by atoms with Crippen LogP contribution in [0.3, 0.4) is 0 Å². The summed E-state index contributed by atoms with van der Waals surface area (Å²) < 4.78 is 12.9. The summed E-state index contributed by atoms with van der Waals surface area (Å²) in [5.74, 6) is 2.64. The van der Waals surface area contributed by atoms with Crippen molar-refractivity contribution < 1.29 is 9.47 Å². The SMILES string of the molecule is CCOc1cc2nc(C3C4COCC43)cn2cc1N. The van der Waals surface area contributed by atoms with Gasteiger partial charge in [-0.25, -0.2) is 4.98 Å². The summed E-state index contributed by atoms with van der Waals surface area (Å²) in [4.78, 5) is 4.71. The van der Waals surface area contributed by atoms with E-state index < -0.39 is 0 Å². The Bertz CT molecular complexity index is 627. The maximum Gasteiger partial charge on any atom is 0.147 e. The van der Waals surface area contributed by atoms with Gasteiger partial charge in [-0.2, -0.15) is 0 Å². The molecule has 2 N–H and O–H groups in total. The van der Waals surface area contributed by atoms with Gasteiger partial charge in [-0.15, -0.1) is 0 Å². The summed E-state index contributed by atoms with van der Waals surface area (Å²) in [6.45, 7) is 4.33. The highest BCUT2D eigenvalue weighted by atomic mass is 16.5. The number of hydrogen-bond acceptors (Lipinski definition) is 4. The van der Waals surface area contributed by atoms with Crippen molar-refractivity contribution in [1.29, 1.82) is 0 Å². The van der Waals surface area contributed by atoms with Gasteiger partial charge < -0.3 is 19.6 Å². The third kappa shape index (κ3) is 1.61. The fraction of sp³-hybridized carbons (Fsp3) is 0.500. The average molecular weight is 259 g/mol. The molecule has 2 unspecified atom stereocenters. The Morgan fingerprint density at radius 1 is 1.42 bits per heavy atom. The molecule has 1 saturated heterocycles. The fourth-order valence-electron chi connectivity index (χ4n) is 3.17. The van der Waals surface area contributed by atoms with Crippen LogP contribution in [-0.2, 0) is 4.74 Å². The molecule has 1 aliphatic carbocycles. The summed E-state index contributed by atoms with van der Waals surface area (Å²) in [7, 11) is 0. The Balaban J connectivity index is 1.71. The summed E-state index contributed by atoms with van der Waals surface area (Å²) in [6, 6.07) is 1.91. The molecular formula is C14H17N3O2. The van der Waals surface area contributed by atoms with E-state index in [9.17, 15) is 0 Å². The minimum Gasteiger partial charge on any atom is -0.492 e. The van der Waals surface area contributed by atoms with Crippen molar-refractivity contribution in [2.24, 2.45) is 11.8 Å². The van der Waals surface area contributed by atoms with Gasteiger partial charge in [-0.05, 0) is 18.8 Å². The van der Waals surface area contributed by atoms with Gasteiger partial charge in [-0.1, -0.05) is 0 Å². The number of nitrogen functional groups attached to an aromatic ring is 1. The van der Waals surface area contributed by atoms with Crippen LogP contribution in [0.25, 0.3) is 5.65 Å². The van der Waals surface area contributed by atoms with Gasteiger partial charge in [0.05, 0.1) is 31.2 Å². The quantitative estimate of drug-likeness (QED) is 0.911. The van der Waals surface area contributed by atoms with Gasteiger partial charge in [0.25, 0.3) is 0 Å². The molecule has 1 aliphatic heterocycles. The van der Waals surface area contributed by atoms with Gasteiger partial charge in [0.15, 0.2) is 0 Å². The van der Waals surface area contributed by atoms with Crippen LogP contribution in [0.5, 0.6) is 5.75 Å². The zero-order chi connectivity index (χ0) is 13.0. The fourth-order valence-corrected chi connectivity index (χ4v) is 3.17. The van der Waals surface area contributed by atoms with E-state index in [4.69, 9.17) is 20.2 Å².